The third-order valence-electron chi connectivity index (χ3n) is 13.1. The van der Waals surface area contributed by atoms with Gasteiger partial charge in [0.05, 0.1) is 27.8 Å². The van der Waals surface area contributed by atoms with Crippen LogP contribution in [0.15, 0.2) is 133 Å². The van der Waals surface area contributed by atoms with Crippen LogP contribution < -0.4 is 0 Å². The second-order valence-electron chi connectivity index (χ2n) is 21.0. The molecule has 0 aliphatic carbocycles. The first-order valence-corrected chi connectivity index (χ1v) is 23.2. The Kier molecular flexibility index (Phi) is 12.1. The Hall–Kier alpha value is -5.57. The largest absolute Gasteiger partial charge is 0.507 e. The summed E-state index contributed by atoms with van der Waals surface area (Å²) >= 11 is 0. The van der Waals surface area contributed by atoms with Gasteiger partial charge in [-0.3, -0.25) is 9.55 Å². The SMILES string of the molecule is [2H]c1c([2H])c(C(C)(C)C)c([2H])c([2H])c1-c1ccnc(-c2[c-]c(-c3cccc4c3nc(-c3cc(C(C)C)cc(C(C)C)c3O)n4-c3ccc(C(C)(C)CC)cc3-c3ccccc3)cc(C(C)(C)C)c2)c1.[Pt]. The van der Waals surface area contributed by atoms with Crippen LogP contribution in [0.3, 0.4) is 0 Å². The Bertz CT molecular complexity index is 3240. The van der Waals surface area contributed by atoms with Gasteiger partial charge in [-0.1, -0.05) is 186 Å². The maximum Gasteiger partial charge on any atom is 0.148 e. The number of rotatable bonds is 10. The van der Waals surface area contributed by atoms with E-state index in [0.29, 0.717) is 28.2 Å². The number of imidazole rings is 1. The van der Waals surface area contributed by atoms with Gasteiger partial charge in [-0.25, -0.2) is 4.98 Å². The van der Waals surface area contributed by atoms with Gasteiger partial charge >= 0.3 is 0 Å². The number of phenols is 1. The molecule has 2 aromatic heterocycles. The van der Waals surface area contributed by atoms with Gasteiger partial charge in [-0.2, -0.15) is 0 Å². The van der Waals surface area contributed by atoms with E-state index in [4.69, 9.17) is 15.5 Å². The van der Waals surface area contributed by atoms with Crippen molar-refractivity contribution in [2.75, 3.05) is 0 Å². The van der Waals surface area contributed by atoms with Crippen LogP contribution in [0.5, 0.6) is 5.75 Å². The van der Waals surface area contributed by atoms with Crippen molar-refractivity contribution in [3.8, 4) is 67.5 Å². The molecule has 0 amide bonds. The van der Waals surface area contributed by atoms with Crippen LogP contribution in [0.1, 0.15) is 142 Å². The minimum absolute atomic E-state index is 0. The van der Waals surface area contributed by atoms with Crippen LogP contribution in [0, 0.1) is 6.07 Å². The van der Waals surface area contributed by atoms with Gasteiger partial charge < -0.3 is 5.11 Å². The van der Waals surface area contributed by atoms with Crippen molar-refractivity contribution in [2.24, 2.45) is 0 Å². The number of benzene rings is 6. The summed E-state index contributed by atoms with van der Waals surface area (Å²) in [6.45, 7) is 27.7. The molecule has 5 heteroatoms. The van der Waals surface area contributed by atoms with Crippen LogP contribution in [-0.4, -0.2) is 19.6 Å². The molecule has 0 atom stereocenters. The van der Waals surface area contributed by atoms with Gasteiger partial charge in [0.15, 0.2) is 0 Å². The summed E-state index contributed by atoms with van der Waals surface area (Å²) in [5, 5.41) is 12.4. The number of aromatic nitrogens is 3. The number of hydrogen-bond acceptors (Lipinski definition) is 3. The van der Waals surface area contributed by atoms with Crippen molar-refractivity contribution >= 4 is 11.0 Å². The van der Waals surface area contributed by atoms with Crippen LogP contribution in [-0.2, 0) is 37.3 Å². The molecule has 2 heterocycles. The summed E-state index contributed by atoms with van der Waals surface area (Å²) in [6, 6.07) is 39.2. The van der Waals surface area contributed by atoms with E-state index < -0.39 is 5.41 Å². The number of phenolic OH excluding ortho intramolecular Hbond substituents is 1. The topological polar surface area (TPSA) is 50.9 Å². The maximum absolute atomic E-state index is 12.4. The Morgan fingerprint density at radius 1 is 0.636 bits per heavy atom. The predicted molar refractivity (Wildman–Crippen MR) is 275 cm³/mol. The molecule has 4 nitrogen and oxygen atoms in total. The average Bonchev–Trinajstić information content (AvgIpc) is 3.69. The molecule has 6 aromatic carbocycles. The van der Waals surface area contributed by atoms with Gasteiger partial charge in [0, 0.05) is 38.5 Å². The van der Waals surface area contributed by atoms with E-state index in [9.17, 15) is 5.11 Å². The zero-order valence-electron chi connectivity index (χ0n) is 44.9. The molecule has 0 bridgehead atoms. The van der Waals surface area contributed by atoms with E-state index in [0.717, 1.165) is 67.6 Å². The zero-order chi connectivity index (χ0) is 50.1. The Morgan fingerprint density at radius 3 is 1.95 bits per heavy atom. The fourth-order valence-electron chi connectivity index (χ4n) is 8.42. The standard InChI is InChI=1S/C61H66N3O.Pt/c1-14-61(12,13)47-27-28-54(51(37-47)41-19-16-15-17-20-41)64-55-22-18-21-49(56(55)63-58(64)52-35-43(38(2)3)34-50(39(4)5)57(52)65)44-31-45(33-48(32-44)60(9,10)11)53-36-42(29-30-62-53)40-23-25-46(26-24-40)59(6,7)8;/h15-30,32-39,65H,14H2,1-13H3;/q-1;/i23D,24D,25D,26D;. The average molecular weight is 1060 g/mol. The van der Waals surface area contributed by atoms with E-state index in [-0.39, 0.29) is 79.2 Å². The summed E-state index contributed by atoms with van der Waals surface area (Å²) in [5.41, 5.74) is 12.9. The smallest absolute Gasteiger partial charge is 0.148 e. The maximum atomic E-state index is 12.4. The monoisotopic (exact) mass is 1060 g/mol. The molecule has 8 rings (SSSR count). The van der Waals surface area contributed by atoms with E-state index in [1.165, 1.54) is 5.56 Å². The normalized spacial score (nSPS) is 13.1. The zero-order valence-corrected chi connectivity index (χ0v) is 43.1. The number of para-hydroxylation sites is 1. The molecule has 0 saturated carbocycles. The molecular formula is C61H66N3OPt-. The molecule has 0 aliphatic rings. The molecule has 0 radical (unpaired) electrons. The van der Waals surface area contributed by atoms with Crippen molar-refractivity contribution in [1.29, 1.82) is 0 Å². The third-order valence-corrected chi connectivity index (χ3v) is 13.1. The van der Waals surface area contributed by atoms with E-state index in [2.05, 4.69) is 165 Å². The molecule has 0 aliphatic heterocycles. The molecule has 0 spiro atoms. The molecule has 1 N–H and O–H groups in total. The fraction of sp³-hybridized carbons (Fsp3) is 0.311. The van der Waals surface area contributed by atoms with Crippen molar-refractivity contribution < 1.29 is 31.7 Å². The quantitative estimate of drug-likeness (QED) is 0.139. The number of fused-ring (bicyclic) bond motifs is 1. The summed E-state index contributed by atoms with van der Waals surface area (Å²) in [7, 11) is 0. The van der Waals surface area contributed by atoms with Gasteiger partial charge in [-0.05, 0) is 104 Å². The number of hydrogen-bond donors (Lipinski definition) is 1. The minimum Gasteiger partial charge on any atom is -0.507 e. The minimum atomic E-state index is -0.573. The van der Waals surface area contributed by atoms with Crippen molar-refractivity contribution in [3.05, 3.63) is 167 Å². The van der Waals surface area contributed by atoms with Crippen molar-refractivity contribution in [2.45, 2.75) is 125 Å². The third kappa shape index (κ3) is 9.50. The second-order valence-corrected chi connectivity index (χ2v) is 21.0. The molecular weight excluding hydrogens is 986 g/mol. The van der Waals surface area contributed by atoms with Crippen molar-refractivity contribution in [1.82, 2.24) is 14.5 Å². The molecule has 342 valence electrons. The Labute approximate surface area is 414 Å². The molecule has 66 heavy (non-hydrogen) atoms. The fourth-order valence-corrected chi connectivity index (χ4v) is 8.42. The summed E-state index contributed by atoms with van der Waals surface area (Å²) in [4.78, 5) is 10.5. The predicted octanol–water partition coefficient (Wildman–Crippen LogP) is 16.8. The number of pyridine rings is 1. The van der Waals surface area contributed by atoms with Crippen LogP contribution >= 0.6 is 0 Å². The van der Waals surface area contributed by atoms with Crippen LogP contribution in [0.2, 0.25) is 0 Å². The van der Waals surface area contributed by atoms with Gasteiger partial charge in [0.1, 0.15) is 11.6 Å². The Morgan fingerprint density at radius 2 is 1.32 bits per heavy atom. The summed E-state index contributed by atoms with van der Waals surface area (Å²) < 4.78 is 38.3. The van der Waals surface area contributed by atoms with Crippen molar-refractivity contribution in [3.63, 3.8) is 0 Å². The van der Waals surface area contributed by atoms with E-state index in [1.54, 1.807) is 12.3 Å². The van der Waals surface area contributed by atoms with Gasteiger partial charge in [0.25, 0.3) is 0 Å². The van der Waals surface area contributed by atoms with Gasteiger partial charge in [-0.15, -0.1) is 29.3 Å². The van der Waals surface area contributed by atoms with Crippen LogP contribution in [0.4, 0.5) is 0 Å². The Balaban J connectivity index is 0.00000722. The first-order valence-electron chi connectivity index (χ1n) is 25.2. The molecule has 0 saturated heterocycles. The number of nitrogens with zero attached hydrogens (tertiary/aromatic N) is 3. The number of aromatic hydroxyl groups is 1. The molecule has 8 aromatic rings. The summed E-state index contributed by atoms with van der Waals surface area (Å²) in [5.74, 6) is 1.13. The molecule has 0 unspecified atom stereocenters. The first kappa shape index (κ1) is 43.0. The summed E-state index contributed by atoms with van der Waals surface area (Å²) in [6.07, 6.45) is 2.64. The van der Waals surface area contributed by atoms with Gasteiger partial charge in [0.2, 0.25) is 0 Å². The van der Waals surface area contributed by atoms with E-state index in [1.807, 2.05) is 32.9 Å². The molecule has 0 fully saturated rings. The van der Waals surface area contributed by atoms with Crippen LogP contribution in [0.25, 0.3) is 72.7 Å². The second kappa shape index (κ2) is 18.6. The first-order chi connectivity index (χ1) is 32.4. The van der Waals surface area contributed by atoms with E-state index >= 15 is 0 Å².